The Morgan fingerprint density at radius 3 is 2.62 bits per heavy atom. The quantitative estimate of drug-likeness (QED) is 0.451. The number of nitrogens with one attached hydrogen (secondary N) is 2. The van der Waals surface area contributed by atoms with Crippen LogP contribution in [-0.2, 0) is 21.2 Å². The number of halogens is 2. The second-order valence-electron chi connectivity index (χ2n) is 7.46. The van der Waals surface area contributed by atoms with Crippen molar-refractivity contribution in [3.63, 3.8) is 0 Å². The molecule has 0 saturated carbocycles. The van der Waals surface area contributed by atoms with Gasteiger partial charge in [-0.05, 0) is 60.4 Å². The number of hydrogen-bond donors (Lipinski definition) is 3. The number of amides is 1. The number of H-pyrrole nitrogens is 1. The SMILES string of the molecule is Cc1ccc(F)c([C@@H](C)[C@H](NS(=O)(=O)c2ccc(Cl)cc2CC(N)=O)c2nn[nH]n2)c1C. The summed E-state index contributed by atoms with van der Waals surface area (Å²) in [7, 11) is -4.23. The van der Waals surface area contributed by atoms with Crippen LogP contribution in [0.5, 0.6) is 0 Å². The summed E-state index contributed by atoms with van der Waals surface area (Å²) in [5.41, 5.74) is 7.27. The Balaban J connectivity index is 2.08. The highest BCUT2D eigenvalue weighted by atomic mass is 35.5. The van der Waals surface area contributed by atoms with Crippen molar-refractivity contribution in [1.82, 2.24) is 25.3 Å². The van der Waals surface area contributed by atoms with Crippen molar-refractivity contribution >= 4 is 27.5 Å². The van der Waals surface area contributed by atoms with Gasteiger partial charge in [0, 0.05) is 10.9 Å². The Kier molecular flexibility index (Phi) is 6.91. The summed E-state index contributed by atoms with van der Waals surface area (Å²) >= 11 is 5.98. The van der Waals surface area contributed by atoms with Gasteiger partial charge < -0.3 is 5.73 Å². The highest BCUT2D eigenvalue weighted by molar-refractivity contribution is 7.89. The van der Waals surface area contributed by atoms with Gasteiger partial charge >= 0.3 is 0 Å². The molecule has 0 aliphatic heterocycles. The first-order valence-corrected chi connectivity index (χ1v) is 11.5. The average molecular weight is 481 g/mol. The van der Waals surface area contributed by atoms with E-state index in [0.717, 1.165) is 5.56 Å². The van der Waals surface area contributed by atoms with Crippen molar-refractivity contribution in [3.05, 3.63) is 69.2 Å². The first-order valence-electron chi connectivity index (χ1n) is 9.59. The molecule has 2 atom stereocenters. The third-order valence-electron chi connectivity index (χ3n) is 5.29. The largest absolute Gasteiger partial charge is 0.369 e. The van der Waals surface area contributed by atoms with Gasteiger partial charge in [-0.1, -0.05) is 29.8 Å². The van der Waals surface area contributed by atoms with Crippen molar-refractivity contribution in [3.8, 4) is 0 Å². The van der Waals surface area contributed by atoms with Gasteiger partial charge in [0.2, 0.25) is 15.9 Å². The molecule has 12 heteroatoms. The maximum atomic E-state index is 14.8. The Hall–Kier alpha value is -2.89. The molecule has 0 aliphatic rings. The molecule has 0 bridgehead atoms. The van der Waals surface area contributed by atoms with E-state index < -0.39 is 33.7 Å². The molecule has 4 N–H and O–H groups in total. The summed E-state index contributed by atoms with van der Waals surface area (Å²) in [6.07, 6.45) is -0.329. The van der Waals surface area contributed by atoms with Crippen molar-refractivity contribution in [2.45, 2.75) is 44.0 Å². The van der Waals surface area contributed by atoms with Crippen LogP contribution in [0.2, 0.25) is 5.02 Å². The summed E-state index contributed by atoms with van der Waals surface area (Å²) in [5.74, 6) is -1.86. The fourth-order valence-corrected chi connectivity index (χ4v) is 5.27. The van der Waals surface area contributed by atoms with Gasteiger partial charge in [0.25, 0.3) is 0 Å². The molecule has 32 heavy (non-hydrogen) atoms. The van der Waals surface area contributed by atoms with Crippen molar-refractivity contribution in [2.75, 3.05) is 0 Å². The summed E-state index contributed by atoms with van der Waals surface area (Å²) in [4.78, 5) is 11.3. The van der Waals surface area contributed by atoms with Crippen LogP contribution in [0.4, 0.5) is 4.39 Å². The number of carbonyl (C=O) groups excluding carboxylic acids is 1. The van der Waals surface area contributed by atoms with E-state index >= 15 is 0 Å². The van der Waals surface area contributed by atoms with Crippen LogP contribution in [0.1, 0.15) is 47.0 Å². The summed E-state index contributed by atoms with van der Waals surface area (Å²) < 4.78 is 44.0. The Morgan fingerprint density at radius 1 is 1.28 bits per heavy atom. The number of hydrogen-bond acceptors (Lipinski definition) is 6. The molecule has 0 radical (unpaired) electrons. The minimum absolute atomic E-state index is 0.0341. The lowest BCUT2D eigenvalue weighted by molar-refractivity contribution is -0.117. The lowest BCUT2D eigenvalue weighted by Crippen LogP contribution is -2.34. The fraction of sp³-hybridized carbons (Fsp3) is 0.300. The number of rotatable bonds is 8. The predicted octanol–water partition coefficient (Wildman–Crippen LogP) is 2.46. The van der Waals surface area contributed by atoms with E-state index in [2.05, 4.69) is 25.3 Å². The van der Waals surface area contributed by atoms with Crippen molar-refractivity contribution in [1.29, 1.82) is 0 Å². The number of aromatic nitrogens is 4. The van der Waals surface area contributed by atoms with E-state index in [1.54, 1.807) is 19.9 Å². The van der Waals surface area contributed by atoms with Crippen LogP contribution in [0.3, 0.4) is 0 Å². The number of tetrazole rings is 1. The third kappa shape index (κ3) is 4.95. The van der Waals surface area contributed by atoms with Gasteiger partial charge in [-0.25, -0.2) is 12.8 Å². The molecule has 0 unspecified atom stereocenters. The zero-order valence-electron chi connectivity index (χ0n) is 17.6. The molecule has 1 aromatic heterocycles. The van der Waals surface area contributed by atoms with Crippen molar-refractivity contribution in [2.24, 2.45) is 5.73 Å². The molecule has 0 fully saturated rings. The zero-order chi connectivity index (χ0) is 23.6. The van der Waals surface area contributed by atoms with Crippen LogP contribution in [-0.4, -0.2) is 34.9 Å². The number of carbonyl (C=O) groups is 1. The number of aryl methyl sites for hydroxylation is 1. The fourth-order valence-electron chi connectivity index (χ4n) is 3.58. The number of primary amides is 1. The highest BCUT2D eigenvalue weighted by Gasteiger charge is 2.33. The highest BCUT2D eigenvalue weighted by Crippen LogP contribution is 2.35. The van der Waals surface area contributed by atoms with E-state index in [9.17, 15) is 17.6 Å². The maximum absolute atomic E-state index is 14.8. The van der Waals surface area contributed by atoms with E-state index in [-0.39, 0.29) is 27.7 Å². The first-order chi connectivity index (χ1) is 15.0. The van der Waals surface area contributed by atoms with Gasteiger partial charge in [0.1, 0.15) is 5.82 Å². The number of sulfonamides is 1. The Morgan fingerprint density at radius 2 is 2.00 bits per heavy atom. The summed E-state index contributed by atoms with van der Waals surface area (Å²) in [6, 6.07) is 5.94. The molecule has 170 valence electrons. The minimum Gasteiger partial charge on any atom is -0.369 e. The molecular weight excluding hydrogens is 459 g/mol. The molecule has 3 aromatic rings. The third-order valence-corrected chi connectivity index (χ3v) is 7.06. The van der Waals surface area contributed by atoms with Crippen LogP contribution in [0.15, 0.2) is 35.2 Å². The van der Waals surface area contributed by atoms with Gasteiger partial charge in [-0.15, -0.1) is 10.2 Å². The summed E-state index contributed by atoms with van der Waals surface area (Å²) in [5, 5.41) is 13.9. The molecule has 1 amide bonds. The van der Waals surface area contributed by atoms with E-state index in [0.29, 0.717) is 11.1 Å². The van der Waals surface area contributed by atoms with Gasteiger partial charge in [0.05, 0.1) is 17.4 Å². The summed E-state index contributed by atoms with van der Waals surface area (Å²) in [6.45, 7) is 5.26. The minimum atomic E-state index is -4.23. The van der Waals surface area contributed by atoms with E-state index in [1.165, 1.54) is 24.3 Å². The topological polar surface area (TPSA) is 144 Å². The Labute approximate surface area is 189 Å². The first kappa shape index (κ1) is 23.8. The molecule has 2 aromatic carbocycles. The van der Waals surface area contributed by atoms with Gasteiger partial charge in [-0.2, -0.15) is 9.94 Å². The van der Waals surface area contributed by atoms with Crippen LogP contribution < -0.4 is 10.5 Å². The lowest BCUT2D eigenvalue weighted by Gasteiger charge is -2.25. The van der Waals surface area contributed by atoms with E-state index in [4.69, 9.17) is 17.3 Å². The lowest BCUT2D eigenvalue weighted by atomic mass is 9.88. The van der Waals surface area contributed by atoms with E-state index in [1.807, 2.05) is 6.92 Å². The number of benzene rings is 2. The Bertz CT molecular complexity index is 1250. The molecule has 3 rings (SSSR count). The zero-order valence-corrected chi connectivity index (χ0v) is 19.1. The standard InChI is InChI=1S/C20H22ClFN6O3S/c1-10-4-6-15(22)18(11(10)2)12(3)19(20-24-27-28-25-20)26-32(30,31)16-7-5-14(21)8-13(16)9-17(23)29/h4-8,12,19,26H,9H2,1-3H3,(H2,23,29)(H,24,25,27,28)/t12-,19+/m1/s1. The number of aromatic amines is 1. The van der Waals surface area contributed by atoms with Crippen LogP contribution in [0, 0.1) is 19.7 Å². The van der Waals surface area contributed by atoms with Gasteiger partial charge in [-0.3, -0.25) is 4.79 Å². The second-order valence-corrected chi connectivity index (χ2v) is 9.57. The molecule has 1 heterocycles. The molecule has 0 saturated heterocycles. The predicted molar refractivity (Wildman–Crippen MR) is 116 cm³/mol. The number of nitrogens with zero attached hydrogens (tertiary/aromatic N) is 3. The molecule has 9 nitrogen and oxygen atoms in total. The normalized spacial score (nSPS) is 13.7. The molecular formula is C20H22ClFN6O3S. The van der Waals surface area contributed by atoms with Crippen LogP contribution in [0.25, 0.3) is 0 Å². The number of nitrogens with two attached hydrogens (primary N) is 1. The maximum Gasteiger partial charge on any atom is 0.241 e. The second kappa shape index (κ2) is 9.31. The molecule has 0 aliphatic carbocycles. The average Bonchev–Trinajstić information content (AvgIpc) is 3.23. The van der Waals surface area contributed by atoms with Crippen molar-refractivity contribution < 1.29 is 17.6 Å². The smallest absolute Gasteiger partial charge is 0.241 e. The van der Waals surface area contributed by atoms with Gasteiger partial charge in [0.15, 0.2) is 5.82 Å². The van der Waals surface area contributed by atoms with Crippen LogP contribution >= 0.6 is 11.6 Å². The molecule has 0 spiro atoms. The monoisotopic (exact) mass is 480 g/mol.